The molecule has 34 heavy (non-hydrogen) atoms. The van der Waals surface area contributed by atoms with Crippen LogP contribution in [0.2, 0.25) is 5.02 Å². The van der Waals surface area contributed by atoms with E-state index in [1.807, 2.05) is 36.4 Å². The molecule has 0 bridgehead atoms. The van der Waals surface area contributed by atoms with Gasteiger partial charge in [0.15, 0.2) is 0 Å². The summed E-state index contributed by atoms with van der Waals surface area (Å²) in [6.07, 6.45) is 3.18. The molecular weight excluding hydrogens is 451 g/mol. The van der Waals surface area contributed by atoms with E-state index in [9.17, 15) is 9.18 Å². The fraction of sp³-hybridized carbons (Fsp3) is 0.250. The number of hydrogen-bond donors (Lipinski definition) is 1. The Morgan fingerprint density at radius 1 is 1.09 bits per heavy atom. The van der Waals surface area contributed by atoms with Crippen molar-refractivity contribution in [3.05, 3.63) is 107 Å². The third-order valence-corrected chi connectivity index (χ3v) is 6.18. The molecule has 0 aliphatic heterocycles. The molecule has 1 aromatic heterocycles. The van der Waals surface area contributed by atoms with Crippen molar-refractivity contribution in [2.75, 3.05) is 20.3 Å². The number of para-hydroxylation sites is 1. The largest absolute Gasteiger partial charge is 0.385 e. The van der Waals surface area contributed by atoms with Crippen LogP contribution in [-0.2, 0) is 16.1 Å². The number of nitrogens with zero attached hydrogens (tertiary/aromatic N) is 1. The van der Waals surface area contributed by atoms with Crippen LogP contribution in [-0.4, -0.2) is 30.7 Å². The molecule has 1 atom stereocenters. The van der Waals surface area contributed by atoms with Gasteiger partial charge >= 0.3 is 0 Å². The molecule has 0 saturated heterocycles. The van der Waals surface area contributed by atoms with E-state index in [4.69, 9.17) is 16.3 Å². The Morgan fingerprint density at radius 2 is 1.88 bits per heavy atom. The quantitative estimate of drug-likeness (QED) is 0.277. The molecule has 0 spiro atoms. The third-order valence-electron chi connectivity index (χ3n) is 5.95. The van der Waals surface area contributed by atoms with E-state index < -0.39 is 0 Å². The Bertz CT molecular complexity index is 1250. The summed E-state index contributed by atoms with van der Waals surface area (Å²) in [7, 11) is 1.65. The van der Waals surface area contributed by atoms with Crippen LogP contribution in [0.4, 0.5) is 4.39 Å². The van der Waals surface area contributed by atoms with Crippen LogP contribution >= 0.6 is 11.6 Å². The second kappa shape index (κ2) is 11.3. The van der Waals surface area contributed by atoms with Gasteiger partial charge in [0.05, 0.1) is 0 Å². The number of fused-ring (bicyclic) bond motifs is 1. The number of benzene rings is 3. The first kappa shape index (κ1) is 24.0. The van der Waals surface area contributed by atoms with Crippen molar-refractivity contribution in [2.45, 2.75) is 25.3 Å². The van der Waals surface area contributed by atoms with Crippen LogP contribution in [0.1, 0.15) is 35.4 Å². The number of amides is 1. The Balaban J connectivity index is 1.70. The zero-order valence-electron chi connectivity index (χ0n) is 19.1. The summed E-state index contributed by atoms with van der Waals surface area (Å²) >= 11 is 6.32. The van der Waals surface area contributed by atoms with Gasteiger partial charge in [-0.3, -0.25) is 4.79 Å². The van der Waals surface area contributed by atoms with Crippen LogP contribution in [0, 0.1) is 5.82 Å². The highest BCUT2D eigenvalue weighted by Gasteiger charge is 2.23. The van der Waals surface area contributed by atoms with Gasteiger partial charge in [0.25, 0.3) is 0 Å². The molecule has 3 aromatic carbocycles. The number of nitrogens with one attached hydrogen (secondary N) is 1. The van der Waals surface area contributed by atoms with Gasteiger partial charge in [0, 0.05) is 61.3 Å². The van der Waals surface area contributed by atoms with E-state index in [0.717, 1.165) is 34.0 Å². The van der Waals surface area contributed by atoms with Gasteiger partial charge in [-0.05, 0) is 53.4 Å². The van der Waals surface area contributed by atoms with Crippen molar-refractivity contribution >= 4 is 28.4 Å². The van der Waals surface area contributed by atoms with Crippen molar-refractivity contribution in [3.63, 3.8) is 0 Å². The summed E-state index contributed by atoms with van der Waals surface area (Å²) in [6, 6.07) is 22.4. The lowest BCUT2D eigenvalue weighted by Gasteiger charge is -2.18. The van der Waals surface area contributed by atoms with Crippen LogP contribution < -0.4 is 5.32 Å². The second-order valence-corrected chi connectivity index (χ2v) is 8.80. The van der Waals surface area contributed by atoms with Gasteiger partial charge in [0.2, 0.25) is 5.91 Å². The van der Waals surface area contributed by atoms with E-state index >= 15 is 0 Å². The maximum absolute atomic E-state index is 13.4. The first-order valence-electron chi connectivity index (χ1n) is 11.4. The van der Waals surface area contributed by atoms with Gasteiger partial charge in [-0.2, -0.15) is 0 Å². The number of carbonyl (C=O) groups excluding carboxylic acids is 1. The molecule has 4 nitrogen and oxygen atoms in total. The van der Waals surface area contributed by atoms with Crippen LogP contribution in [0.25, 0.3) is 10.9 Å². The Morgan fingerprint density at radius 3 is 2.65 bits per heavy atom. The van der Waals surface area contributed by atoms with Gasteiger partial charge in [-0.25, -0.2) is 4.39 Å². The summed E-state index contributed by atoms with van der Waals surface area (Å²) in [5.74, 6) is -0.434. The fourth-order valence-electron chi connectivity index (χ4n) is 4.30. The topological polar surface area (TPSA) is 43.3 Å². The van der Waals surface area contributed by atoms with E-state index in [1.165, 1.54) is 12.1 Å². The molecule has 176 valence electrons. The lowest BCUT2D eigenvalue weighted by molar-refractivity contribution is -0.121. The molecule has 1 heterocycles. The lowest BCUT2D eigenvalue weighted by atomic mass is 9.88. The molecule has 0 unspecified atom stereocenters. The molecule has 0 aliphatic carbocycles. The average Bonchev–Trinajstić information content (AvgIpc) is 3.20. The molecule has 6 heteroatoms. The zero-order chi connectivity index (χ0) is 23.9. The fourth-order valence-corrected chi connectivity index (χ4v) is 4.50. The number of rotatable bonds is 10. The van der Waals surface area contributed by atoms with Crippen LogP contribution in [0.5, 0.6) is 0 Å². The van der Waals surface area contributed by atoms with Crippen LogP contribution in [0.3, 0.4) is 0 Å². The number of methoxy groups -OCH3 is 1. The Hall–Kier alpha value is -3.15. The Kier molecular flexibility index (Phi) is 7.99. The van der Waals surface area contributed by atoms with Gasteiger partial charge in [-0.1, -0.05) is 54.1 Å². The van der Waals surface area contributed by atoms with Gasteiger partial charge in [-0.15, -0.1) is 0 Å². The average molecular weight is 479 g/mol. The normalized spacial score (nSPS) is 12.1. The molecule has 4 rings (SSSR count). The highest BCUT2D eigenvalue weighted by Crippen LogP contribution is 2.36. The maximum atomic E-state index is 13.4. The number of hydrogen-bond acceptors (Lipinski definition) is 2. The van der Waals surface area contributed by atoms with Crippen molar-refractivity contribution in [1.29, 1.82) is 0 Å². The highest BCUT2D eigenvalue weighted by molar-refractivity contribution is 6.30. The van der Waals surface area contributed by atoms with Crippen molar-refractivity contribution in [3.8, 4) is 0 Å². The van der Waals surface area contributed by atoms with Crippen molar-refractivity contribution in [1.82, 2.24) is 9.88 Å². The summed E-state index contributed by atoms with van der Waals surface area (Å²) < 4.78 is 20.6. The smallest absolute Gasteiger partial charge is 0.220 e. The first-order chi connectivity index (χ1) is 16.5. The van der Waals surface area contributed by atoms with Gasteiger partial charge < -0.3 is 14.6 Å². The zero-order valence-corrected chi connectivity index (χ0v) is 19.9. The summed E-state index contributed by atoms with van der Waals surface area (Å²) in [6.45, 7) is 1.78. The minimum Gasteiger partial charge on any atom is -0.385 e. The molecule has 0 aliphatic rings. The first-order valence-corrected chi connectivity index (χ1v) is 11.8. The standard InChI is InChI=1S/C28H28ClFN2O2/c1-34-15-5-14-31-28(33)17-25(21-6-4-7-22(29)16-21)26-19-32(27-9-3-2-8-24(26)27)18-20-10-12-23(30)13-11-20/h2-4,6-13,16,19,25H,5,14-15,17-18H2,1H3,(H,31,33)/t25-/m1/s1. The second-order valence-electron chi connectivity index (χ2n) is 8.36. The maximum Gasteiger partial charge on any atom is 0.220 e. The summed E-state index contributed by atoms with van der Waals surface area (Å²) in [5, 5.41) is 4.73. The third kappa shape index (κ3) is 5.85. The summed E-state index contributed by atoms with van der Waals surface area (Å²) in [4.78, 5) is 12.9. The highest BCUT2D eigenvalue weighted by atomic mass is 35.5. The number of carbonyl (C=O) groups is 1. The minimum atomic E-state index is -0.251. The SMILES string of the molecule is COCCCNC(=O)C[C@H](c1cccc(Cl)c1)c1cn(Cc2ccc(F)cc2)c2ccccc12. The van der Waals surface area contributed by atoms with Crippen LogP contribution in [0.15, 0.2) is 79.0 Å². The lowest BCUT2D eigenvalue weighted by Crippen LogP contribution is -2.27. The van der Waals surface area contributed by atoms with E-state index in [1.54, 1.807) is 19.2 Å². The van der Waals surface area contributed by atoms with Crippen molar-refractivity contribution in [2.24, 2.45) is 0 Å². The van der Waals surface area contributed by atoms with E-state index in [2.05, 4.69) is 28.2 Å². The molecule has 4 aromatic rings. The summed E-state index contributed by atoms with van der Waals surface area (Å²) in [5.41, 5.74) is 4.12. The number of halogens is 2. The van der Waals surface area contributed by atoms with Crippen molar-refractivity contribution < 1.29 is 13.9 Å². The predicted octanol–water partition coefficient (Wildman–Crippen LogP) is 6.16. The van der Waals surface area contributed by atoms with E-state index in [0.29, 0.717) is 31.1 Å². The molecule has 0 radical (unpaired) electrons. The molecule has 0 saturated carbocycles. The molecule has 0 fully saturated rings. The number of aromatic nitrogens is 1. The monoisotopic (exact) mass is 478 g/mol. The number of ether oxygens (including phenoxy) is 1. The molecular formula is C28H28ClFN2O2. The van der Waals surface area contributed by atoms with Gasteiger partial charge in [0.1, 0.15) is 5.82 Å². The molecule has 1 amide bonds. The Labute approximate surface area is 204 Å². The van der Waals surface area contributed by atoms with E-state index in [-0.39, 0.29) is 17.6 Å². The predicted molar refractivity (Wildman–Crippen MR) is 135 cm³/mol. The molecule has 1 N–H and O–H groups in total. The minimum absolute atomic E-state index is 0.0172.